The van der Waals surface area contributed by atoms with Crippen LogP contribution in [0.5, 0.6) is 0 Å². The van der Waals surface area contributed by atoms with Crippen LogP contribution >= 0.6 is 0 Å². The van der Waals surface area contributed by atoms with E-state index in [2.05, 4.69) is 34.4 Å². The number of aryl methyl sites for hydroxylation is 1. The average molecular weight is 250 g/mol. The van der Waals surface area contributed by atoms with Gasteiger partial charge in [0.05, 0.1) is 5.92 Å². The molecule has 0 N–H and O–H groups in total. The fraction of sp³-hybridized carbons (Fsp3) is 0.125. The van der Waals surface area contributed by atoms with E-state index in [1.54, 1.807) is 0 Å². The fourth-order valence-electron chi connectivity index (χ4n) is 2.21. The van der Waals surface area contributed by atoms with Crippen LogP contribution in [-0.4, -0.2) is 10.1 Å². The molecule has 0 saturated heterocycles. The van der Waals surface area contributed by atoms with Crippen LogP contribution in [0.25, 0.3) is 0 Å². The highest BCUT2D eigenvalue weighted by molar-refractivity contribution is 5.37. The molecule has 94 valence electrons. The lowest BCUT2D eigenvalue weighted by molar-refractivity contribution is 0.386. The van der Waals surface area contributed by atoms with Crippen molar-refractivity contribution >= 4 is 0 Å². The third-order valence-electron chi connectivity index (χ3n) is 3.07. The molecule has 19 heavy (non-hydrogen) atoms. The molecular weight excluding hydrogens is 236 g/mol. The van der Waals surface area contributed by atoms with Gasteiger partial charge in [0.1, 0.15) is 0 Å². The maximum absolute atomic E-state index is 5.13. The minimum absolute atomic E-state index is 0.0137. The summed E-state index contributed by atoms with van der Waals surface area (Å²) >= 11 is 0. The Labute approximate surface area is 111 Å². The lowest BCUT2D eigenvalue weighted by Crippen LogP contribution is -2.05. The van der Waals surface area contributed by atoms with E-state index in [9.17, 15) is 0 Å². The molecule has 0 aliphatic carbocycles. The summed E-state index contributed by atoms with van der Waals surface area (Å²) < 4.78 is 5.13. The molecule has 0 radical (unpaired) electrons. The number of rotatable bonds is 3. The summed E-state index contributed by atoms with van der Waals surface area (Å²) in [6.07, 6.45) is 0. The minimum Gasteiger partial charge on any atom is -0.340 e. The topological polar surface area (TPSA) is 38.9 Å². The van der Waals surface area contributed by atoms with Crippen molar-refractivity contribution in [3.63, 3.8) is 0 Å². The van der Waals surface area contributed by atoms with Gasteiger partial charge in [0.15, 0.2) is 5.82 Å². The second kappa shape index (κ2) is 5.06. The molecule has 0 aliphatic rings. The molecule has 0 spiro atoms. The number of hydrogen-bond acceptors (Lipinski definition) is 3. The largest absolute Gasteiger partial charge is 0.340 e. The first kappa shape index (κ1) is 11.7. The van der Waals surface area contributed by atoms with Crippen molar-refractivity contribution in [2.24, 2.45) is 0 Å². The predicted octanol–water partition coefficient (Wildman–Crippen LogP) is 3.56. The van der Waals surface area contributed by atoms with Crippen LogP contribution in [0.15, 0.2) is 65.2 Å². The van der Waals surface area contributed by atoms with Crippen LogP contribution in [0.3, 0.4) is 0 Å². The van der Waals surface area contributed by atoms with Crippen molar-refractivity contribution in [3.8, 4) is 0 Å². The highest BCUT2D eigenvalue weighted by Gasteiger charge is 2.21. The van der Waals surface area contributed by atoms with Crippen LogP contribution in [0.4, 0.5) is 0 Å². The summed E-state index contributed by atoms with van der Waals surface area (Å²) in [4.78, 5) is 4.39. The van der Waals surface area contributed by atoms with E-state index in [4.69, 9.17) is 4.52 Å². The van der Waals surface area contributed by atoms with Crippen molar-refractivity contribution in [1.29, 1.82) is 0 Å². The highest BCUT2D eigenvalue weighted by Crippen LogP contribution is 2.29. The highest BCUT2D eigenvalue weighted by atomic mass is 16.5. The molecule has 2 aromatic carbocycles. The Hall–Kier alpha value is -2.42. The molecule has 3 heteroatoms. The molecule has 0 unspecified atom stereocenters. The second-order valence-corrected chi connectivity index (χ2v) is 4.43. The average Bonchev–Trinajstić information content (AvgIpc) is 2.88. The number of aromatic nitrogens is 2. The van der Waals surface area contributed by atoms with E-state index in [0.717, 1.165) is 11.1 Å². The molecule has 3 aromatic rings. The van der Waals surface area contributed by atoms with Crippen molar-refractivity contribution in [3.05, 3.63) is 83.5 Å². The van der Waals surface area contributed by atoms with Crippen LogP contribution in [0.2, 0.25) is 0 Å². The van der Waals surface area contributed by atoms with Crippen molar-refractivity contribution < 1.29 is 4.52 Å². The van der Waals surface area contributed by atoms with Crippen molar-refractivity contribution in [2.45, 2.75) is 12.8 Å². The number of hydrogen-bond donors (Lipinski definition) is 0. The molecule has 0 atom stereocenters. The Morgan fingerprint density at radius 1 is 0.842 bits per heavy atom. The van der Waals surface area contributed by atoms with E-state index in [0.29, 0.717) is 11.7 Å². The summed E-state index contributed by atoms with van der Waals surface area (Å²) in [7, 11) is 0. The van der Waals surface area contributed by atoms with Gasteiger partial charge in [-0.3, -0.25) is 0 Å². The maximum Gasteiger partial charge on any atom is 0.223 e. The van der Waals surface area contributed by atoms with Gasteiger partial charge in [-0.2, -0.15) is 4.98 Å². The first-order valence-electron chi connectivity index (χ1n) is 6.24. The second-order valence-electron chi connectivity index (χ2n) is 4.43. The zero-order valence-corrected chi connectivity index (χ0v) is 10.7. The monoisotopic (exact) mass is 250 g/mol. The van der Waals surface area contributed by atoms with Crippen LogP contribution in [0, 0.1) is 6.92 Å². The normalized spacial score (nSPS) is 10.8. The molecule has 0 saturated carbocycles. The first-order chi connectivity index (χ1) is 9.34. The van der Waals surface area contributed by atoms with Crippen LogP contribution in [0.1, 0.15) is 28.8 Å². The number of benzene rings is 2. The Morgan fingerprint density at radius 3 is 1.79 bits per heavy atom. The maximum atomic E-state index is 5.13. The van der Waals surface area contributed by atoms with E-state index in [1.807, 2.05) is 43.3 Å². The smallest absolute Gasteiger partial charge is 0.223 e. The quantitative estimate of drug-likeness (QED) is 0.713. The summed E-state index contributed by atoms with van der Waals surface area (Å²) in [5.74, 6) is 1.31. The summed E-state index contributed by atoms with van der Waals surface area (Å²) in [5, 5.41) is 4.08. The molecule has 0 bridgehead atoms. The standard InChI is InChI=1S/C16H14N2O/c1-12-17-16(18-19-12)15(13-8-4-2-5-9-13)14-10-6-3-7-11-14/h2-11,15H,1H3. The summed E-state index contributed by atoms with van der Waals surface area (Å²) in [6.45, 7) is 1.81. The first-order valence-corrected chi connectivity index (χ1v) is 6.24. The Balaban J connectivity index is 2.11. The van der Waals surface area contributed by atoms with E-state index < -0.39 is 0 Å². The van der Waals surface area contributed by atoms with E-state index >= 15 is 0 Å². The minimum atomic E-state index is 0.0137. The van der Waals surface area contributed by atoms with Gasteiger partial charge in [0, 0.05) is 6.92 Å². The third-order valence-corrected chi connectivity index (χ3v) is 3.07. The molecular formula is C16H14N2O. The van der Waals surface area contributed by atoms with Gasteiger partial charge in [-0.25, -0.2) is 0 Å². The van der Waals surface area contributed by atoms with Crippen LogP contribution < -0.4 is 0 Å². The zero-order chi connectivity index (χ0) is 13.1. The van der Waals surface area contributed by atoms with E-state index in [-0.39, 0.29) is 5.92 Å². The summed E-state index contributed by atoms with van der Waals surface area (Å²) in [6, 6.07) is 20.5. The van der Waals surface area contributed by atoms with Crippen molar-refractivity contribution in [2.75, 3.05) is 0 Å². The third kappa shape index (κ3) is 2.40. The lowest BCUT2D eigenvalue weighted by atomic mass is 9.91. The van der Waals surface area contributed by atoms with Gasteiger partial charge in [0.2, 0.25) is 5.89 Å². The number of nitrogens with zero attached hydrogens (tertiary/aromatic N) is 2. The molecule has 0 amide bonds. The zero-order valence-electron chi connectivity index (χ0n) is 10.7. The van der Waals surface area contributed by atoms with Gasteiger partial charge in [-0.15, -0.1) is 0 Å². The van der Waals surface area contributed by atoms with Gasteiger partial charge in [0.25, 0.3) is 0 Å². The SMILES string of the molecule is Cc1nc(C(c2ccccc2)c2ccccc2)no1. The summed E-state index contributed by atoms with van der Waals surface area (Å²) in [5.41, 5.74) is 2.32. The molecule has 3 nitrogen and oxygen atoms in total. The van der Waals surface area contributed by atoms with Gasteiger partial charge >= 0.3 is 0 Å². The van der Waals surface area contributed by atoms with Gasteiger partial charge in [-0.05, 0) is 11.1 Å². The molecule has 0 aliphatic heterocycles. The Morgan fingerprint density at radius 2 is 1.37 bits per heavy atom. The lowest BCUT2D eigenvalue weighted by Gasteiger charge is -2.13. The molecule has 1 heterocycles. The Kier molecular flexibility index (Phi) is 3.11. The molecule has 0 fully saturated rings. The van der Waals surface area contributed by atoms with Gasteiger partial charge in [-0.1, -0.05) is 65.8 Å². The van der Waals surface area contributed by atoms with Crippen molar-refractivity contribution in [1.82, 2.24) is 10.1 Å². The molecule has 1 aromatic heterocycles. The van der Waals surface area contributed by atoms with E-state index in [1.165, 1.54) is 0 Å². The Bertz CT molecular complexity index is 607. The van der Waals surface area contributed by atoms with Gasteiger partial charge < -0.3 is 4.52 Å². The predicted molar refractivity (Wildman–Crippen MR) is 72.9 cm³/mol. The van der Waals surface area contributed by atoms with Crippen LogP contribution in [-0.2, 0) is 0 Å². The molecule has 3 rings (SSSR count). The fourth-order valence-corrected chi connectivity index (χ4v) is 2.21.